The van der Waals surface area contributed by atoms with Gasteiger partial charge >= 0.3 is 0 Å². The van der Waals surface area contributed by atoms with Gasteiger partial charge in [-0.3, -0.25) is 0 Å². The summed E-state index contributed by atoms with van der Waals surface area (Å²) in [5.41, 5.74) is 3.53. The second-order valence-electron chi connectivity index (χ2n) is 7.40. The minimum Gasteiger partial charge on any atom is -0.337 e. The lowest BCUT2D eigenvalue weighted by molar-refractivity contribution is 0.331. The van der Waals surface area contributed by atoms with Crippen LogP contribution in [0.4, 0.5) is 23.0 Å². The van der Waals surface area contributed by atoms with Crippen LogP contribution in [0.25, 0.3) is 11.0 Å². The van der Waals surface area contributed by atoms with Crippen LogP contribution in [0.3, 0.4) is 0 Å². The van der Waals surface area contributed by atoms with Gasteiger partial charge in [0.15, 0.2) is 17.2 Å². The number of nitrogens with one attached hydrogen (secondary N) is 2. The Morgan fingerprint density at radius 2 is 1.28 bits per heavy atom. The molecule has 0 spiro atoms. The summed E-state index contributed by atoms with van der Waals surface area (Å²) in [7, 11) is 0. The standard InChI is InChI=1S/C22H23N7/c1-4-10-16(11-5-1)23-21-19-20(29(28-25-19)18-14-8-3-9-15-18)22(27-26-21)24-17-12-6-2-7-13-17/h1-2,4-7,10-13,18H,3,8-9,14-15H2,(H,23,26)(H,24,27). The van der Waals surface area contributed by atoms with Crippen molar-refractivity contribution < 1.29 is 0 Å². The third-order valence-electron chi connectivity index (χ3n) is 5.39. The highest BCUT2D eigenvalue weighted by atomic mass is 15.5. The van der Waals surface area contributed by atoms with E-state index in [1.165, 1.54) is 19.3 Å². The molecule has 146 valence electrons. The van der Waals surface area contributed by atoms with Crippen LogP contribution in [0.15, 0.2) is 60.7 Å². The van der Waals surface area contributed by atoms with E-state index in [0.717, 1.165) is 35.2 Å². The summed E-state index contributed by atoms with van der Waals surface area (Å²) in [6.45, 7) is 0. The number of fused-ring (bicyclic) bond motifs is 1. The molecule has 2 aromatic carbocycles. The predicted octanol–water partition coefficient (Wildman–Crippen LogP) is 5.21. The Morgan fingerprint density at radius 1 is 0.690 bits per heavy atom. The molecule has 0 bridgehead atoms. The van der Waals surface area contributed by atoms with Gasteiger partial charge in [-0.2, -0.15) is 0 Å². The maximum Gasteiger partial charge on any atom is 0.183 e. The fourth-order valence-corrected chi connectivity index (χ4v) is 3.93. The highest BCUT2D eigenvalue weighted by molar-refractivity contribution is 5.95. The molecular formula is C22H23N7. The second-order valence-corrected chi connectivity index (χ2v) is 7.40. The first kappa shape index (κ1) is 17.6. The van der Waals surface area contributed by atoms with E-state index in [1.54, 1.807) is 0 Å². The van der Waals surface area contributed by atoms with Crippen LogP contribution in [0.2, 0.25) is 0 Å². The molecule has 1 aliphatic carbocycles. The average Bonchev–Trinajstić information content (AvgIpc) is 3.24. The Balaban J connectivity index is 1.59. The summed E-state index contributed by atoms with van der Waals surface area (Å²) in [6, 6.07) is 20.3. The van der Waals surface area contributed by atoms with Gasteiger partial charge in [0.1, 0.15) is 5.52 Å². The Morgan fingerprint density at radius 3 is 1.93 bits per heavy atom. The lowest BCUT2D eigenvalue weighted by atomic mass is 9.95. The first-order valence-electron chi connectivity index (χ1n) is 10.1. The Hall–Kier alpha value is -3.48. The molecule has 1 aliphatic rings. The van der Waals surface area contributed by atoms with E-state index in [1.807, 2.05) is 65.3 Å². The van der Waals surface area contributed by atoms with Gasteiger partial charge in [0, 0.05) is 11.4 Å². The van der Waals surface area contributed by atoms with E-state index in [-0.39, 0.29) is 0 Å². The number of hydrogen-bond donors (Lipinski definition) is 2. The molecule has 5 rings (SSSR count). The monoisotopic (exact) mass is 385 g/mol. The van der Waals surface area contributed by atoms with Crippen molar-refractivity contribution in [1.29, 1.82) is 0 Å². The molecule has 0 atom stereocenters. The lowest BCUT2D eigenvalue weighted by Crippen LogP contribution is -2.15. The topological polar surface area (TPSA) is 80.6 Å². The van der Waals surface area contributed by atoms with E-state index < -0.39 is 0 Å². The maximum atomic E-state index is 4.53. The fourth-order valence-electron chi connectivity index (χ4n) is 3.93. The number of benzene rings is 2. The summed E-state index contributed by atoms with van der Waals surface area (Å²) in [6.07, 6.45) is 5.97. The fraction of sp³-hybridized carbons (Fsp3) is 0.273. The number of rotatable bonds is 5. The van der Waals surface area contributed by atoms with Crippen molar-refractivity contribution in [3.05, 3.63) is 60.7 Å². The molecule has 2 N–H and O–H groups in total. The molecule has 0 saturated heterocycles. The molecule has 29 heavy (non-hydrogen) atoms. The first-order valence-corrected chi connectivity index (χ1v) is 10.1. The van der Waals surface area contributed by atoms with Gasteiger partial charge in [-0.05, 0) is 37.1 Å². The van der Waals surface area contributed by atoms with Crippen LogP contribution in [0, 0.1) is 0 Å². The van der Waals surface area contributed by atoms with Crippen molar-refractivity contribution in [3.8, 4) is 0 Å². The second kappa shape index (κ2) is 7.87. The van der Waals surface area contributed by atoms with Crippen molar-refractivity contribution >= 4 is 34.0 Å². The van der Waals surface area contributed by atoms with Crippen LogP contribution in [-0.4, -0.2) is 25.2 Å². The average molecular weight is 385 g/mol. The molecule has 2 aromatic heterocycles. The highest BCUT2D eigenvalue weighted by Crippen LogP contribution is 2.34. The quantitative estimate of drug-likeness (QED) is 0.491. The van der Waals surface area contributed by atoms with Crippen molar-refractivity contribution in [2.24, 2.45) is 0 Å². The SMILES string of the molecule is c1ccc(Nc2nnc(Nc3ccccc3)c3c2nnn3C2CCCCC2)cc1. The molecule has 4 aromatic rings. The van der Waals surface area contributed by atoms with Crippen LogP contribution in [-0.2, 0) is 0 Å². The molecule has 0 amide bonds. The minimum absolute atomic E-state index is 0.346. The summed E-state index contributed by atoms with van der Waals surface area (Å²) >= 11 is 0. The van der Waals surface area contributed by atoms with E-state index in [2.05, 4.69) is 31.1 Å². The smallest absolute Gasteiger partial charge is 0.183 e. The molecule has 1 saturated carbocycles. The molecule has 0 radical (unpaired) electrons. The zero-order valence-corrected chi connectivity index (χ0v) is 16.1. The Labute approximate surface area is 169 Å². The number of nitrogens with zero attached hydrogens (tertiary/aromatic N) is 5. The maximum absolute atomic E-state index is 4.53. The number of anilines is 4. The zero-order chi connectivity index (χ0) is 19.5. The van der Waals surface area contributed by atoms with Crippen molar-refractivity contribution in [2.45, 2.75) is 38.1 Å². The third kappa shape index (κ3) is 3.63. The van der Waals surface area contributed by atoms with Crippen molar-refractivity contribution in [1.82, 2.24) is 25.2 Å². The molecule has 0 unspecified atom stereocenters. The van der Waals surface area contributed by atoms with Gasteiger partial charge in [0.05, 0.1) is 6.04 Å². The molecule has 7 heteroatoms. The van der Waals surface area contributed by atoms with Gasteiger partial charge in [-0.1, -0.05) is 60.9 Å². The Kier molecular flexibility index (Phi) is 4.78. The van der Waals surface area contributed by atoms with E-state index in [4.69, 9.17) is 0 Å². The molecular weight excluding hydrogens is 362 g/mol. The molecule has 1 fully saturated rings. The minimum atomic E-state index is 0.346. The lowest BCUT2D eigenvalue weighted by Gasteiger charge is -2.22. The van der Waals surface area contributed by atoms with E-state index >= 15 is 0 Å². The number of hydrogen-bond acceptors (Lipinski definition) is 6. The number of aromatic nitrogens is 5. The van der Waals surface area contributed by atoms with Crippen molar-refractivity contribution in [3.63, 3.8) is 0 Å². The highest BCUT2D eigenvalue weighted by Gasteiger charge is 2.23. The van der Waals surface area contributed by atoms with Gasteiger partial charge < -0.3 is 10.6 Å². The van der Waals surface area contributed by atoms with Crippen LogP contribution in [0.5, 0.6) is 0 Å². The van der Waals surface area contributed by atoms with Crippen LogP contribution in [0.1, 0.15) is 38.1 Å². The van der Waals surface area contributed by atoms with Gasteiger partial charge in [0.2, 0.25) is 0 Å². The van der Waals surface area contributed by atoms with Gasteiger partial charge in [0.25, 0.3) is 0 Å². The van der Waals surface area contributed by atoms with E-state index in [0.29, 0.717) is 17.7 Å². The molecule has 0 aliphatic heterocycles. The summed E-state index contributed by atoms with van der Waals surface area (Å²) in [5.74, 6) is 1.30. The summed E-state index contributed by atoms with van der Waals surface area (Å²) in [5, 5.41) is 24.7. The third-order valence-corrected chi connectivity index (χ3v) is 5.39. The van der Waals surface area contributed by atoms with Gasteiger partial charge in [-0.15, -0.1) is 15.3 Å². The zero-order valence-electron chi connectivity index (χ0n) is 16.1. The van der Waals surface area contributed by atoms with Crippen LogP contribution < -0.4 is 10.6 Å². The first-order chi connectivity index (χ1) is 14.4. The molecule has 2 heterocycles. The van der Waals surface area contributed by atoms with Crippen LogP contribution >= 0.6 is 0 Å². The summed E-state index contributed by atoms with van der Waals surface area (Å²) < 4.78 is 2.05. The van der Waals surface area contributed by atoms with E-state index in [9.17, 15) is 0 Å². The van der Waals surface area contributed by atoms with Gasteiger partial charge in [-0.25, -0.2) is 4.68 Å². The number of para-hydroxylation sites is 2. The Bertz CT molecular complexity index is 1090. The largest absolute Gasteiger partial charge is 0.337 e. The summed E-state index contributed by atoms with van der Waals surface area (Å²) in [4.78, 5) is 0. The molecule has 7 nitrogen and oxygen atoms in total. The predicted molar refractivity (Wildman–Crippen MR) is 115 cm³/mol. The van der Waals surface area contributed by atoms with Crippen molar-refractivity contribution in [2.75, 3.05) is 10.6 Å². The normalized spacial score (nSPS) is 14.8.